The molecule has 2 aromatic carbocycles. The Bertz CT molecular complexity index is 1360. The Morgan fingerprint density at radius 1 is 1.12 bits per heavy atom. The Morgan fingerprint density at radius 3 is 2.44 bits per heavy atom. The van der Waals surface area contributed by atoms with Gasteiger partial charge in [0.25, 0.3) is 0 Å². The Labute approximate surface area is 254 Å². The van der Waals surface area contributed by atoms with Gasteiger partial charge in [-0.1, -0.05) is 18.2 Å². The molecule has 0 saturated carbocycles. The van der Waals surface area contributed by atoms with Crippen molar-refractivity contribution in [1.82, 2.24) is 15.1 Å². The highest BCUT2D eigenvalue weighted by atomic mass is 16.6. The first kappa shape index (κ1) is 31.7. The van der Waals surface area contributed by atoms with E-state index in [4.69, 9.17) is 15.9 Å². The summed E-state index contributed by atoms with van der Waals surface area (Å²) >= 11 is 0. The molecular weight excluding hydrogens is 544 g/mol. The second-order valence-electron chi connectivity index (χ2n) is 12.1. The predicted molar refractivity (Wildman–Crippen MR) is 172 cm³/mol. The minimum Gasteiger partial charge on any atom is -0.443 e. The summed E-state index contributed by atoms with van der Waals surface area (Å²) in [6.45, 7) is 10.3. The van der Waals surface area contributed by atoms with Crippen LogP contribution in [-0.2, 0) is 9.53 Å². The van der Waals surface area contributed by atoms with Crippen molar-refractivity contribution in [2.75, 3.05) is 63.2 Å². The summed E-state index contributed by atoms with van der Waals surface area (Å²) in [6.07, 6.45) is 2.33. The van der Waals surface area contributed by atoms with Crippen LogP contribution in [0.4, 0.5) is 21.9 Å². The van der Waals surface area contributed by atoms with Crippen molar-refractivity contribution in [3.8, 4) is 0 Å². The van der Waals surface area contributed by atoms with Crippen molar-refractivity contribution >= 4 is 41.1 Å². The molecule has 2 aromatic rings. The van der Waals surface area contributed by atoms with E-state index < -0.39 is 5.60 Å². The number of para-hydroxylation sites is 1. The summed E-state index contributed by atoms with van der Waals surface area (Å²) in [7, 11) is 4.06. The molecule has 0 aliphatic carbocycles. The van der Waals surface area contributed by atoms with Gasteiger partial charge in [-0.15, -0.1) is 0 Å². The maximum atomic E-state index is 12.9. The molecule has 230 valence electrons. The standard InChI is InChI=1S/C32H44N8O3/c1-32(2,3)43-31(42)40-15-14-28(25-8-6-7-9-29(25)40)38(5)21-26(33)27(35-22-41)20-30(34)36-23-10-12-24(13-11-23)39-18-16-37(4)17-19-39/h6-13,20,22,28,33H,14-19,21H2,1-5H3,(H2,34,36)(H,35,41)/b27-20+,33-26?. The molecule has 1 saturated heterocycles. The molecule has 4 N–H and O–H groups in total. The molecule has 1 unspecified atom stereocenters. The van der Waals surface area contributed by atoms with Crippen LogP contribution in [0.2, 0.25) is 0 Å². The Kier molecular flexibility index (Phi) is 10.2. The molecule has 43 heavy (non-hydrogen) atoms. The first-order chi connectivity index (χ1) is 20.4. The Hall–Kier alpha value is -4.22. The van der Waals surface area contributed by atoms with Gasteiger partial charge in [-0.3, -0.25) is 14.6 Å². The quantitative estimate of drug-likeness (QED) is 0.230. The summed E-state index contributed by atoms with van der Waals surface area (Å²) in [4.78, 5) is 37.2. The third kappa shape index (κ3) is 8.42. The number of nitrogens with two attached hydrogens (primary N) is 1. The second-order valence-corrected chi connectivity index (χ2v) is 12.1. The molecule has 2 amide bonds. The van der Waals surface area contributed by atoms with E-state index in [2.05, 4.69) is 27.2 Å². The third-order valence-electron chi connectivity index (χ3n) is 7.57. The van der Waals surface area contributed by atoms with Crippen molar-refractivity contribution in [2.45, 2.75) is 38.8 Å². The average molecular weight is 589 g/mol. The molecule has 2 heterocycles. The van der Waals surface area contributed by atoms with Crippen LogP contribution in [0.5, 0.6) is 0 Å². The molecule has 2 aliphatic heterocycles. The summed E-state index contributed by atoms with van der Waals surface area (Å²) in [6, 6.07) is 15.6. The van der Waals surface area contributed by atoms with Gasteiger partial charge < -0.3 is 31.0 Å². The van der Waals surface area contributed by atoms with Gasteiger partial charge in [0.05, 0.1) is 22.8 Å². The molecule has 0 bridgehead atoms. The number of nitrogens with zero attached hydrogens (tertiary/aromatic N) is 5. The number of amidine groups is 1. The van der Waals surface area contributed by atoms with Crippen LogP contribution in [0, 0.1) is 5.41 Å². The minimum absolute atomic E-state index is 0.0439. The zero-order valence-electron chi connectivity index (χ0n) is 25.8. The number of hydrogen-bond acceptors (Lipinski definition) is 8. The smallest absolute Gasteiger partial charge is 0.414 e. The fourth-order valence-electron chi connectivity index (χ4n) is 5.36. The molecule has 1 atom stereocenters. The largest absolute Gasteiger partial charge is 0.443 e. The maximum absolute atomic E-state index is 12.9. The number of nitrogens with one attached hydrogen (secondary N) is 2. The van der Waals surface area contributed by atoms with E-state index in [9.17, 15) is 9.59 Å². The minimum atomic E-state index is -0.595. The van der Waals surface area contributed by atoms with E-state index in [0.29, 0.717) is 25.1 Å². The molecule has 0 radical (unpaired) electrons. The number of carbonyl (C=O) groups is 2. The molecule has 0 aromatic heterocycles. The molecule has 11 heteroatoms. The molecule has 0 spiro atoms. The van der Waals surface area contributed by atoms with Gasteiger partial charge in [-0.2, -0.15) is 0 Å². The highest BCUT2D eigenvalue weighted by Crippen LogP contribution is 2.37. The van der Waals surface area contributed by atoms with E-state index in [0.717, 1.165) is 43.1 Å². The van der Waals surface area contributed by atoms with Gasteiger partial charge in [0.2, 0.25) is 6.41 Å². The van der Waals surface area contributed by atoms with Crippen LogP contribution < -0.4 is 20.9 Å². The SMILES string of the molecule is CN1CCN(c2ccc(N=C(N)/C=C(/NC=O)C(=N)CN(C)C3CCN(C(=O)OC(C)(C)C)c4ccccc43)cc2)CC1. The molecule has 11 nitrogen and oxygen atoms in total. The van der Waals surface area contributed by atoms with Crippen molar-refractivity contribution in [1.29, 1.82) is 5.41 Å². The normalized spacial score (nSPS) is 18.3. The number of aliphatic imine (C=N–C) groups is 1. The Morgan fingerprint density at radius 2 is 1.79 bits per heavy atom. The second kappa shape index (κ2) is 13.8. The number of hydrogen-bond donors (Lipinski definition) is 3. The van der Waals surface area contributed by atoms with Crippen LogP contribution in [0.15, 0.2) is 65.3 Å². The lowest BCUT2D eigenvalue weighted by Gasteiger charge is -2.39. The number of amides is 2. The molecular formula is C32H44N8O3. The lowest BCUT2D eigenvalue weighted by atomic mass is 9.95. The van der Waals surface area contributed by atoms with Crippen molar-refractivity contribution < 1.29 is 14.3 Å². The van der Waals surface area contributed by atoms with Gasteiger partial charge >= 0.3 is 6.09 Å². The number of fused-ring (bicyclic) bond motifs is 1. The fraction of sp³-hybridized carbons (Fsp3) is 0.438. The molecule has 2 aliphatic rings. The summed E-state index contributed by atoms with van der Waals surface area (Å²) in [5, 5.41) is 11.4. The lowest BCUT2D eigenvalue weighted by Crippen LogP contribution is -2.44. The molecule has 4 rings (SSSR count). The number of carbonyl (C=O) groups excluding carboxylic acids is 2. The topological polar surface area (TPSA) is 131 Å². The first-order valence-corrected chi connectivity index (χ1v) is 14.6. The highest BCUT2D eigenvalue weighted by molar-refractivity contribution is 6.07. The Balaban J connectivity index is 1.44. The van der Waals surface area contributed by atoms with Crippen molar-refractivity contribution in [2.24, 2.45) is 10.7 Å². The number of anilines is 2. The summed E-state index contributed by atoms with van der Waals surface area (Å²) < 4.78 is 5.63. The number of ether oxygens (including phenoxy) is 1. The number of likely N-dealkylation sites (N-methyl/N-ethyl adjacent to an activating group) is 1. The monoisotopic (exact) mass is 588 g/mol. The average Bonchev–Trinajstić information content (AvgIpc) is 2.96. The zero-order valence-corrected chi connectivity index (χ0v) is 25.8. The van der Waals surface area contributed by atoms with E-state index in [-0.39, 0.29) is 35.9 Å². The van der Waals surface area contributed by atoms with Crippen LogP contribution >= 0.6 is 0 Å². The fourth-order valence-corrected chi connectivity index (χ4v) is 5.36. The highest BCUT2D eigenvalue weighted by Gasteiger charge is 2.33. The van der Waals surface area contributed by atoms with Crippen molar-refractivity contribution in [3.63, 3.8) is 0 Å². The van der Waals surface area contributed by atoms with Crippen molar-refractivity contribution in [3.05, 3.63) is 65.9 Å². The van der Waals surface area contributed by atoms with Crippen LogP contribution in [0.25, 0.3) is 0 Å². The van der Waals surface area contributed by atoms with Crippen LogP contribution in [-0.4, -0.2) is 92.8 Å². The van der Waals surface area contributed by atoms with Gasteiger partial charge in [-0.25, -0.2) is 9.79 Å². The summed E-state index contributed by atoms with van der Waals surface area (Å²) in [5.74, 6) is 0.181. The molecule has 1 fully saturated rings. The predicted octanol–water partition coefficient (Wildman–Crippen LogP) is 3.90. The number of benzene rings is 2. The maximum Gasteiger partial charge on any atom is 0.414 e. The van der Waals surface area contributed by atoms with E-state index >= 15 is 0 Å². The van der Waals surface area contributed by atoms with Gasteiger partial charge in [-0.05, 0) is 77.2 Å². The number of rotatable bonds is 9. The van der Waals surface area contributed by atoms with Gasteiger partial charge in [0.1, 0.15) is 11.4 Å². The lowest BCUT2D eigenvalue weighted by molar-refractivity contribution is -0.108. The zero-order chi connectivity index (χ0) is 31.1. The van der Waals surface area contributed by atoms with Crippen LogP contribution in [0.1, 0.15) is 38.8 Å². The first-order valence-electron chi connectivity index (χ1n) is 14.6. The van der Waals surface area contributed by atoms with Gasteiger partial charge in [0, 0.05) is 57.1 Å². The summed E-state index contributed by atoms with van der Waals surface area (Å²) in [5.41, 5.74) is 9.71. The van der Waals surface area contributed by atoms with Gasteiger partial charge in [0.15, 0.2) is 0 Å². The third-order valence-corrected chi connectivity index (χ3v) is 7.57. The van der Waals surface area contributed by atoms with E-state index in [1.807, 2.05) is 81.2 Å². The number of piperazine rings is 1. The van der Waals surface area contributed by atoms with E-state index in [1.165, 1.54) is 6.08 Å². The van der Waals surface area contributed by atoms with E-state index in [1.54, 1.807) is 4.90 Å². The van der Waals surface area contributed by atoms with Crippen LogP contribution in [0.3, 0.4) is 0 Å².